The molecule has 1 heterocycles. The van der Waals surface area contributed by atoms with E-state index in [1.54, 1.807) is 12.0 Å². The Morgan fingerprint density at radius 1 is 1.42 bits per heavy atom. The first-order valence-electron chi connectivity index (χ1n) is 8.53. The van der Waals surface area contributed by atoms with Gasteiger partial charge in [0.1, 0.15) is 17.6 Å². The first-order chi connectivity index (χ1) is 11.5. The number of carbonyl (C=O) groups excluding carboxylic acids is 1. The quantitative estimate of drug-likeness (QED) is 0.790. The maximum Gasteiger partial charge on any atom is 0.317 e. The van der Waals surface area contributed by atoms with Gasteiger partial charge in [-0.05, 0) is 31.6 Å². The molecule has 2 amide bonds. The molecule has 0 spiro atoms. The van der Waals surface area contributed by atoms with Crippen LogP contribution in [0.1, 0.15) is 13.8 Å². The minimum absolute atomic E-state index is 0.00788. The van der Waals surface area contributed by atoms with Crippen molar-refractivity contribution in [3.05, 3.63) is 24.3 Å². The zero-order valence-electron chi connectivity index (χ0n) is 15.1. The van der Waals surface area contributed by atoms with Crippen LogP contribution in [0.5, 0.6) is 11.5 Å². The number of methoxy groups -OCH3 is 1. The van der Waals surface area contributed by atoms with E-state index >= 15 is 0 Å². The topological polar surface area (TPSA) is 54.0 Å². The molecular formula is C18H29N3O3. The van der Waals surface area contributed by atoms with Gasteiger partial charge in [0, 0.05) is 19.2 Å². The Morgan fingerprint density at radius 3 is 2.79 bits per heavy atom. The van der Waals surface area contributed by atoms with Crippen LogP contribution in [0.3, 0.4) is 0 Å². The summed E-state index contributed by atoms with van der Waals surface area (Å²) in [4.78, 5) is 16.1. The Bertz CT molecular complexity index is 532. The molecule has 0 radical (unpaired) electrons. The number of nitrogens with one attached hydrogen (secondary N) is 1. The maximum absolute atomic E-state index is 12.1. The van der Waals surface area contributed by atoms with Crippen molar-refractivity contribution in [3.8, 4) is 11.5 Å². The average molecular weight is 335 g/mol. The molecule has 0 aromatic heterocycles. The highest BCUT2D eigenvalue weighted by atomic mass is 16.5. The van der Waals surface area contributed by atoms with Gasteiger partial charge >= 0.3 is 6.03 Å². The summed E-state index contributed by atoms with van der Waals surface area (Å²) in [6.45, 7) is 8.22. The van der Waals surface area contributed by atoms with Crippen molar-refractivity contribution in [2.45, 2.75) is 20.0 Å². The largest absolute Gasteiger partial charge is 0.497 e. The molecule has 2 rings (SSSR count). The molecule has 1 aromatic rings. The Hall–Kier alpha value is -1.95. The van der Waals surface area contributed by atoms with Gasteiger partial charge in [0.25, 0.3) is 0 Å². The molecule has 6 nitrogen and oxygen atoms in total. The number of hydrogen-bond acceptors (Lipinski definition) is 4. The van der Waals surface area contributed by atoms with Crippen molar-refractivity contribution in [2.75, 3.05) is 46.9 Å². The molecule has 1 fully saturated rings. The molecule has 134 valence electrons. The average Bonchev–Trinajstić information content (AvgIpc) is 2.55. The molecule has 0 aliphatic carbocycles. The lowest BCUT2D eigenvalue weighted by molar-refractivity contribution is 0.0439. The second-order valence-electron chi connectivity index (χ2n) is 6.47. The summed E-state index contributed by atoms with van der Waals surface area (Å²) in [5, 5.41) is 3.00. The second kappa shape index (κ2) is 8.78. The van der Waals surface area contributed by atoms with Crippen LogP contribution in [-0.4, -0.2) is 68.8 Å². The molecule has 1 aromatic carbocycles. The van der Waals surface area contributed by atoms with E-state index in [1.807, 2.05) is 24.3 Å². The highest BCUT2D eigenvalue weighted by Crippen LogP contribution is 2.22. The van der Waals surface area contributed by atoms with E-state index in [-0.39, 0.29) is 12.1 Å². The van der Waals surface area contributed by atoms with Crippen LogP contribution in [0, 0.1) is 5.92 Å². The second-order valence-corrected chi connectivity index (χ2v) is 6.47. The summed E-state index contributed by atoms with van der Waals surface area (Å²) < 4.78 is 11.0. The predicted octanol–water partition coefficient (Wildman–Crippen LogP) is 2.06. The number of benzene rings is 1. The fourth-order valence-corrected chi connectivity index (χ4v) is 2.64. The monoisotopic (exact) mass is 335 g/mol. The van der Waals surface area contributed by atoms with Crippen molar-refractivity contribution in [2.24, 2.45) is 5.92 Å². The normalized spacial score (nSPS) is 15.8. The van der Waals surface area contributed by atoms with Crippen LogP contribution < -0.4 is 14.8 Å². The molecular weight excluding hydrogens is 306 g/mol. The van der Waals surface area contributed by atoms with E-state index in [2.05, 4.69) is 31.1 Å². The van der Waals surface area contributed by atoms with Crippen LogP contribution in [0.15, 0.2) is 24.3 Å². The number of ether oxygens (including phenoxy) is 2. The molecule has 1 saturated heterocycles. The third kappa shape index (κ3) is 5.30. The number of amides is 2. The lowest BCUT2D eigenvalue weighted by atomic mass is 10.1. The molecule has 0 unspecified atom stereocenters. The zero-order valence-corrected chi connectivity index (χ0v) is 15.1. The SMILES string of the molecule is CCN(C)C[C@H](C)CNC(=O)N1CC(Oc2cccc(OC)c2)C1. The molecule has 0 saturated carbocycles. The molecule has 1 aliphatic rings. The number of likely N-dealkylation sites (tertiary alicyclic amines) is 1. The third-order valence-corrected chi connectivity index (χ3v) is 4.24. The van der Waals surface area contributed by atoms with Crippen LogP contribution >= 0.6 is 0 Å². The number of nitrogens with zero attached hydrogens (tertiary/aromatic N) is 2. The maximum atomic E-state index is 12.1. The Balaban J connectivity index is 1.67. The molecule has 1 aliphatic heterocycles. The minimum Gasteiger partial charge on any atom is -0.497 e. The lowest BCUT2D eigenvalue weighted by Crippen LogP contribution is -2.59. The molecule has 1 atom stereocenters. The third-order valence-electron chi connectivity index (χ3n) is 4.24. The fourth-order valence-electron chi connectivity index (χ4n) is 2.64. The number of hydrogen-bond donors (Lipinski definition) is 1. The Kier molecular flexibility index (Phi) is 6.73. The Morgan fingerprint density at radius 2 is 2.12 bits per heavy atom. The molecule has 24 heavy (non-hydrogen) atoms. The highest BCUT2D eigenvalue weighted by Gasteiger charge is 2.32. The standard InChI is InChI=1S/C18H29N3O3/c1-5-20(3)11-14(2)10-19-18(22)21-12-17(13-21)24-16-8-6-7-15(9-16)23-4/h6-9,14,17H,5,10-13H2,1-4H3,(H,19,22)/t14-/m1/s1. The summed E-state index contributed by atoms with van der Waals surface area (Å²) in [5.74, 6) is 1.98. The molecule has 1 N–H and O–H groups in total. The van der Waals surface area contributed by atoms with Crippen molar-refractivity contribution in [1.29, 1.82) is 0 Å². The van der Waals surface area contributed by atoms with E-state index < -0.39 is 0 Å². The van der Waals surface area contributed by atoms with Crippen molar-refractivity contribution in [3.63, 3.8) is 0 Å². The summed E-state index contributed by atoms with van der Waals surface area (Å²) in [6.07, 6.45) is 0.0477. The molecule has 6 heteroatoms. The molecule has 0 bridgehead atoms. The zero-order chi connectivity index (χ0) is 17.5. The van der Waals surface area contributed by atoms with Crippen molar-refractivity contribution >= 4 is 6.03 Å². The van der Waals surface area contributed by atoms with Gasteiger partial charge in [-0.2, -0.15) is 0 Å². The van der Waals surface area contributed by atoms with E-state index in [1.165, 1.54) is 0 Å². The first-order valence-corrected chi connectivity index (χ1v) is 8.53. The summed E-state index contributed by atoms with van der Waals surface area (Å²) in [5.41, 5.74) is 0. The van der Waals surface area contributed by atoms with E-state index in [0.29, 0.717) is 25.6 Å². The van der Waals surface area contributed by atoms with Gasteiger partial charge in [0.2, 0.25) is 0 Å². The Labute approximate surface area is 144 Å². The minimum atomic E-state index is -0.00788. The van der Waals surface area contributed by atoms with Gasteiger partial charge in [-0.1, -0.05) is 19.9 Å². The van der Waals surface area contributed by atoms with Gasteiger partial charge < -0.3 is 24.6 Å². The van der Waals surface area contributed by atoms with Crippen LogP contribution in [0.4, 0.5) is 4.79 Å². The van der Waals surface area contributed by atoms with Crippen LogP contribution in [-0.2, 0) is 0 Å². The van der Waals surface area contributed by atoms with Crippen molar-refractivity contribution < 1.29 is 14.3 Å². The smallest absolute Gasteiger partial charge is 0.317 e. The van der Waals surface area contributed by atoms with E-state index in [4.69, 9.17) is 9.47 Å². The van der Waals surface area contributed by atoms with E-state index in [0.717, 1.165) is 24.6 Å². The van der Waals surface area contributed by atoms with E-state index in [9.17, 15) is 4.79 Å². The van der Waals surface area contributed by atoms with Gasteiger partial charge in [-0.3, -0.25) is 0 Å². The van der Waals surface area contributed by atoms with Crippen LogP contribution in [0.25, 0.3) is 0 Å². The first kappa shape index (κ1) is 18.4. The fraction of sp³-hybridized carbons (Fsp3) is 0.611. The number of rotatable bonds is 8. The summed E-state index contributed by atoms with van der Waals surface area (Å²) >= 11 is 0. The van der Waals surface area contributed by atoms with Gasteiger partial charge in [-0.15, -0.1) is 0 Å². The number of urea groups is 1. The lowest BCUT2D eigenvalue weighted by Gasteiger charge is -2.39. The summed E-state index contributed by atoms with van der Waals surface area (Å²) in [7, 11) is 3.72. The number of carbonyl (C=O) groups is 1. The van der Waals surface area contributed by atoms with Crippen LogP contribution in [0.2, 0.25) is 0 Å². The predicted molar refractivity (Wildman–Crippen MR) is 94.7 cm³/mol. The van der Waals surface area contributed by atoms with Gasteiger partial charge in [0.05, 0.1) is 20.2 Å². The van der Waals surface area contributed by atoms with Gasteiger partial charge in [-0.25, -0.2) is 4.79 Å². The van der Waals surface area contributed by atoms with Gasteiger partial charge in [0.15, 0.2) is 0 Å². The van der Waals surface area contributed by atoms with Crippen molar-refractivity contribution in [1.82, 2.24) is 15.1 Å². The highest BCUT2D eigenvalue weighted by molar-refractivity contribution is 5.75. The summed E-state index contributed by atoms with van der Waals surface area (Å²) in [6, 6.07) is 7.52.